The third-order valence-electron chi connectivity index (χ3n) is 3.70. The van der Waals surface area contributed by atoms with E-state index in [0.717, 1.165) is 0 Å². The summed E-state index contributed by atoms with van der Waals surface area (Å²) in [6.45, 7) is 1.40. The van der Waals surface area contributed by atoms with Crippen molar-refractivity contribution in [3.63, 3.8) is 0 Å². The lowest BCUT2D eigenvalue weighted by atomic mass is 9.98. The Kier molecular flexibility index (Phi) is 4.57. The fourth-order valence-electron chi connectivity index (χ4n) is 2.55. The first kappa shape index (κ1) is 16.4. The highest BCUT2D eigenvalue weighted by molar-refractivity contribution is 5.93. The number of nitrogens with one attached hydrogen (secondary N) is 1. The highest BCUT2D eigenvalue weighted by atomic mass is 16.3. The van der Waals surface area contributed by atoms with Gasteiger partial charge in [-0.3, -0.25) is 9.59 Å². The number of anilines is 1. The Bertz CT molecular complexity index is 952. The summed E-state index contributed by atoms with van der Waals surface area (Å²) >= 11 is 0. The second-order valence-electron chi connectivity index (χ2n) is 5.56. The van der Waals surface area contributed by atoms with Gasteiger partial charge in [0.2, 0.25) is 11.8 Å². The normalized spacial score (nSPS) is 11.7. The van der Waals surface area contributed by atoms with Crippen LogP contribution in [0.25, 0.3) is 11.1 Å². The molecular formula is C19H15N3O3. The molecule has 3 aromatic rings. The molecule has 1 atom stereocenters. The number of benzene rings is 2. The number of amides is 1. The summed E-state index contributed by atoms with van der Waals surface area (Å²) in [5.74, 6) is -1.58. The van der Waals surface area contributed by atoms with Gasteiger partial charge in [-0.15, -0.1) is 0 Å². The molecule has 2 aromatic carbocycles. The van der Waals surface area contributed by atoms with E-state index in [2.05, 4.69) is 10.3 Å². The van der Waals surface area contributed by atoms with Gasteiger partial charge in [0.15, 0.2) is 17.3 Å². The number of fused-ring (bicyclic) bond motifs is 1. The average Bonchev–Trinajstić information content (AvgIpc) is 3.00. The summed E-state index contributed by atoms with van der Waals surface area (Å²) in [6, 6.07) is 16.1. The van der Waals surface area contributed by atoms with Gasteiger partial charge in [-0.05, 0) is 23.8 Å². The van der Waals surface area contributed by atoms with E-state index >= 15 is 0 Å². The van der Waals surface area contributed by atoms with Gasteiger partial charge in [0.1, 0.15) is 5.52 Å². The lowest BCUT2D eigenvalue weighted by molar-refractivity contribution is -0.119. The number of ketones is 1. The summed E-state index contributed by atoms with van der Waals surface area (Å²) in [6.07, 6.45) is -0.00654. The summed E-state index contributed by atoms with van der Waals surface area (Å²) in [7, 11) is 0. The van der Waals surface area contributed by atoms with Crippen LogP contribution in [0.15, 0.2) is 52.9 Å². The quantitative estimate of drug-likeness (QED) is 0.773. The Morgan fingerprint density at radius 3 is 2.64 bits per heavy atom. The van der Waals surface area contributed by atoms with E-state index in [4.69, 9.17) is 4.42 Å². The fourth-order valence-corrected chi connectivity index (χ4v) is 2.55. The number of carbonyl (C=O) groups is 2. The van der Waals surface area contributed by atoms with Gasteiger partial charge < -0.3 is 9.73 Å². The van der Waals surface area contributed by atoms with Crippen molar-refractivity contribution in [3.05, 3.63) is 60.0 Å². The molecule has 0 aliphatic carbocycles. The van der Waals surface area contributed by atoms with Crippen molar-refractivity contribution in [3.8, 4) is 6.07 Å². The van der Waals surface area contributed by atoms with E-state index in [1.807, 2.05) is 12.1 Å². The van der Waals surface area contributed by atoms with E-state index in [9.17, 15) is 14.9 Å². The van der Waals surface area contributed by atoms with Gasteiger partial charge in [-0.1, -0.05) is 30.3 Å². The third kappa shape index (κ3) is 3.56. The predicted octanol–water partition coefficient (Wildman–Crippen LogP) is 3.21. The Morgan fingerprint density at radius 1 is 1.20 bits per heavy atom. The molecule has 0 radical (unpaired) electrons. The number of hydrogen-bond acceptors (Lipinski definition) is 5. The first-order valence-corrected chi connectivity index (χ1v) is 7.72. The molecule has 0 aliphatic rings. The van der Waals surface area contributed by atoms with Crippen molar-refractivity contribution in [2.24, 2.45) is 0 Å². The molecule has 0 fully saturated rings. The summed E-state index contributed by atoms with van der Waals surface area (Å²) in [5.41, 5.74) is 2.32. The Labute approximate surface area is 144 Å². The molecule has 1 N–H and O–H groups in total. The van der Waals surface area contributed by atoms with Crippen molar-refractivity contribution in [1.82, 2.24) is 4.98 Å². The minimum absolute atomic E-state index is 0.00654. The predicted molar refractivity (Wildman–Crippen MR) is 91.8 cm³/mol. The molecule has 6 heteroatoms. The zero-order valence-corrected chi connectivity index (χ0v) is 13.5. The molecule has 0 saturated carbocycles. The van der Waals surface area contributed by atoms with Crippen LogP contribution in [0.4, 0.5) is 5.69 Å². The van der Waals surface area contributed by atoms with Crippen LogP contribution in [0.5, 0.6) is 0 Å². The Morgan fingerprint density at radius 2 is 1.92 bits per heavy atom. The number of Topliss-reactive ketones (excluding diaryl/α,β-unsaturated/α-hetero) is 1. The monoisotopic (exact) mass is 333 g/mol. The molecule has 0 bridgehead atoms. The van der Waals surface area contributed by atoms with Crippen molar-refractivity contribution in [1.29, 1.82) is 5.26 Å². The van der Waals surface area contributed by atoms with Crippen LogP contribution in [0.2, 0.25) is 0 Å². The Balaban J connectivity index is 1.86. The number of nitriles is 1. The maximum absolute atomic E-state index is 12.6. The fraction of sp³-hybridized carbons (Fsp3) is 0.158. The molecule has 0 spiro atoms. The summed E-state index contributed by atoms with van der Waals surface area (Å²) in [4.78, 5) is 28.2. The van der Waals surface area contributed by atoms with Crippen LogP contribution < -0.4 is 5.32 Å². The second-order valence-corrected chi connectivity index (χ2v) is 5.56. The van der Waals surface area contributed by atoms with Crippen LogP contribution >= 0.6 is 0 Å². The number of aromatic nitrogens is 1. The molecule has 0 unspecified atom stereocenters. The highest BCUT2D eigenvalue weighted by Gasteiger charge is 2.26. The number of carbonyl (C=O) groups excluding carboxylic acids is 2. The van der Waals surface area contributed by atoms with Gasteiger partial charge in [0.05, 0.1) is 6.07 Å². The maximum atomic E-state index is 12.6. The molecule has 1 amide bonds. The smallest absolute Gasteiger partial charge is 0.221 e. The molecule has 1 aromatic heterocycles. The molecule has 124 valence electrons. The summed E-state index contributed by atoms with van der Waals surface area (Å²) < 4.78 is 5.55. The summed E-state index contributed by atoms with van der Waals surface area (Å²) in [5, 5.41) is 12.1. The highest BCUT2D eigenvalue weighted by Crippen LogP contribution is 2.24. The van der Waals surface area contributed by atoms with Gasteiger partial charge in [-0.2, -0.15) is 5.26 Å². The number of rotatable bonds is 5. The van der Waals surface area contributed by atoms with Crippen LogP contribution in [-0.2, 0) is 16.0 Å². The van der Waals surface area contributed by atoms with E-state index in [1.54, 1.807) is 42.5 Å². The molecule has 0 saturated heterocycles. The number of hydrogen-bond donors (Lipinski definition) is 1. The van der Waals surface area contributed by atoms with Gasteiger partial charge in [0, 0.05) is 19.0 Å². The van der Waals surface area contributed by atoms with Crippen LogP contribution in [0.3, 0.4) is 0 Å². The molecular weight excluding hydrogens is 318 g/mol. The van der Waals surface area contributed by atoms with Crippen molar-refractivity contribution in [2.75, 3.05) is 5.32 Å². The Hall–Kier alpha value is -3.46. The van der Waals surface area contributed by atoms with Gasteiger partial charge in [-0.25, -0.2) is 4.98 Å². The molecule has 1 heterocycles. The molecule has 3 rings (SSSR count). The number of oxazole rings is 1. The van der Waals surface area contributed by atoms with E-state index in [1.165, 1.54) is 6.92 Å². The van der Waals surface area contributed by atoms with E-state index in [-0.39, 0.29) is 24.0 Å². The number of para-hydroxylation sites is 3. The molecule has 0 aliphatic heterocycles. The van der Waals surface area contributed by atoms with E-state index < -0.39 is 5.92 Å². The van der Waals surface area contributed by atoms with Crippen LogP contribution in [-0.4, -0.2) is 16.7 Å². The first-order chi connectivity index (χ1) is 12.1. The van der Waals surface area contributed by atoms with Gasteiger partial charge >= 0.3 is 0 Å². The molecule has 25 heavy (non-hydrogen) atoms. The zero-order chi connectivity index (χ0) is 17.8. The lowest BCUT2D eigenvalue weighted by Gasteiger charge is -2.10. The zero-order valence-electron chi connectivity index (χ0n) is 13.5. The second kappa shape index (κ2) is 6.97. The van der Waals surface area contributed by atoms with Gasteiger partial charge in [0.25, 0.3) is 0 Å². The average molecular weight is 333 g/mol. The standard InChI is InChI=1S/C19H15N3O3/c1-12(23)21-15-7-3-2-6-13(15)10-17(24)14(11-20)19-22-16-8-4-5-9-18(16)25-19/h2-9,14H,10H2,1H3,(H,21,23)/t14-/m0/s1. The minimum Gasteiger partial charge on any atom is -0.439 e. The van der Waals surface area contributed by atoms with Crippen molar-refractivity contribution in [2.45, 2.75) is 19.3 Å². The topological polar surface area (TPSA) is 96.0 Å². The minimum atomic E-state index is -1.10. The maximum Gasteiger partial charge on any atom is 0.221 e. The molecule has 6 nitrogen and oxygen atoms in total. The van der Waals surface area contributed by atoms with Crippen molar-refractivity contribution < 1.29 is 14.0 Å². The SMILES string of the molecule is CC(=O)Nc1ccccc1CC(=O)[C@H](C#N)c1nc2ccccc2o1. The first-order valence-electron chi connectivity index (χ1n) is 7.72. The van der Waals surface area contributed by atoms with Crippen LogP contribution in [0.1, 0.15) is 24.3 Å². The lowest BCUT2D eigenvalue weighted by Crippen LogP contribution is -2.16. The third-order valence-corrected chi connectivity index (χ3v) is 3.70. The largest absolute Gasteiger partial charge is 0.439 e. The van der Waals surface area contributed by atoms with Crippen LogP contribution in [0, 0.1) is 11.3 Å². The number of nitrogens with zero attached hydrogens (tertiary/aromatic N) is 2. The van der Waals surface area contributed by atoms with E-state index in [0.29, 0.717) is 22.4 Å². The van der Waals surface area contributed by atoms with Crippen molar-refractivity contribution >= 4 is 28.5 Å².